The van der Waals surface area contributed by atoms with E-state index in [1.165, 1.54) is 39.3 Å². The molecule has 0 aromatic carbocycles. The molecule has 4 rings (SSSR count). The molecule has 1 amide bonds. The number of aliphatic hydroxyl groups excluding tert-OH is 1. The van der Waals surface area contributed by atoms with Crippen LogP contribution in [0.3, 0.4) is 0 Å². The number of thiazole rings is 1. The lowest BCUT2D eigenvalue weighted by molar-refractivity contribution is -0.688. The van der Waals surface area contributed by atoms with Gasteiger partial charge in [0.2, 0.25) is 17.1 Å². The largest absolute Gasteiger partial charge is 0.543 e. The molecule has 0 aliphatic carbocycles. The predicted octanol–water partition coefficient (Wildman–Crippen LogP) is 0.0874. The summed E-state index contributed by atoms with van der Waals surface area (Å²) in [6.45, 7) is 3.44. The van der Waals surface area contributed by atoms with Crippen LogP contribution in [0.15, 0.2) is 29.2 Å². The van der Waals surface area contributed by atoms with E-state index < -0.39 is 36.4 Å². The Morgan fingerprint density at radius 3 is 2.78 bits per heavy atom. The molecule has 4 heterocycles. The Morgan fingerprint density at radius 2 is 2.19 bits per heavy atom. The lowest BCUT2D eigenvalue weighted by atomic mass is 9.78. The SMILES string of the molecule is C[C@@H](O)[C@H]1C(=O)N2C(C(=O)[O-])=C(C[n+]3cc4scc(C(F)F)n4c3)[C@H](C)[C@H]12. The molecular formula is C17H17F2N3O4S. The van der Waals surface area contributed by atoms with Crippen molar-refractivity contribution in [3.05, 3.63) is 34.9 Å². The zero-order valence-electron chi connectivity index (χ0n) is 14.5. The van der Waals surface area contributed by atoms with Crippen LogP contribution in [0, 0.1) is 11.8 Å². The van der Waals surface area contributed by atoms with Gasteiger partial charge in [0.25, 0.3) is 6.43 Å². The number of amides is 1. The second-order valence-corrected chi connectivity index (χ2v) is 7.89. The molecule has 0 bridgehead atoms. The van der Waals surface area contributed by atoms with Crippen LogP contribution >= 0.6 is 11.3 Å². The van der Waals surface area contributed by atoms with Gasteiger partial charge >= 0.3 is 0 Å². The average molecular weight is 397 g/mol. The second-order valence-electron chi connectivity index (χ2n) is 7.00. The number of rotatable bonds is 5. The highest BCUT2D eigenvalue weighted by molar-refractivity contribution is 7.15. The highest BCUT2D eigenvalue weighted by Crippen LogP contribution is 2.46. The predicted molar refractivity (Wildman–Crippen MR) is 87.4 cm³/mol. The van der Waals surface area contributed by atoms with E-state index >= 15 is 0 Å². The third-order valence-electron chi connectivity index (χ3n) is 5.44. The first-order valence-corrected chi connectivity index (χ1v) is 9.32. The van der Waals surface area contributed by atoms with Crippen LogP contribution in [-0.2, 0) is 16.1 Å². The zero-order chi connectivity index (χ0) is 19.6. The monoisotopic (exact) mass is 397 g/mol. The second kappa shape index (κ2) is 6.10. The molecule has 0 spiro atoms. The molecule has 0 saturated carbocycles. The van der Waals surface area contributed by atoms with Crippen LogP contribution < -0.4 is 9.67 Å². The van der Waals surface area contributed by atoms with Crippen molar-refractivity contribution in [2.45, 2.75) is 39.0 Å². The summed E-state index contributed by atoms with van der Waals surface area (Å²) < 4.78 is 29.1. The maximum absolute atomic E-state index is 13.1. The maximum atomic E-state index is 13.1. The Bertz CT molecular complexity index is 980. The molecule has 1 fully saturated rings. The summed E-state index contributed by atoms with van der Waals surface area (Å²) in [6, 6.07) is -0.429. The summed E-state index contributed by atoms with van der Waals surface area (Å²) in [6.07, 6.45) is -0.352. The molecule has 0 unspecified atom stereocenters. The van der Waals surface area contributed by atoms with Gasteiger partial charge in [0.05, 0.1) is 29.7 Å². The minimum Gasteiger partial charge on any atom is -0.543 e. The number of halogens is 2. The van der Waals surface area contributed by atoms with Crippen molar-refractivity contribution < 1.29 is 33.2 Å². The van der Waals surface area contributed by atoms with Crippen molar-refractivity contribution in [1.82, 2.24) is 9.30 Å². The minimum atomic E-state index is -2.62. The van der Waals surface area contributed by atoms with Crippen molar-refractivity contribution in [3.63, 3.8) is 0 Å². The molecule has 2 aromatic rings. The number of aromatic nitrogens is 2. The lowest BCUT2D eigenvalue weighted by Crippen LogP contribution is -2.64. The van der Waals surface area contributed by atoms with Gasteiger partial charge in [-0.2, -0.15) is 4.40 Å². The number of imidazole rings is 1. The molecule has 2 aromatic heterocycles. The maximum Gasteiger partial charge on any atom is 0.300 e. The molecule has 4 atom stereocenters. The van der Waals surface area contributed by atoms with E-state index in [2.05, 4.69) is 0 Å². The minimum absolute atomic E-state index is 0.129. The molecule has 27 heavy (non-hydrogen) atoms. The van der Waals surface area contributed by atoms with Gasteiger partial charge < -0.3 is 19.9 Å². The van der Waals surface area contributed by atoms with E-state index in [0.29, 0.717) is 10.4 Å². The van der Waals surface area contributed by atoms with Crippen LogP contribution in [0.25, 0.3) is 4.83 Å². The fourth-order valence-corrected chi connectivity index (χ4v) is 5.10. The summed E-state index contributed by atoms with van der Waals surface area (Å²) >= 11 is 1.17. The number of alkyl halides is 2. The number of aliphatic hydroxyl groups is 1. The number of carboxylic acid groups (broad SMARTS) is 1. The molecular weight excluding hydrogens is 380 g/mol. The standard InChI is InChI=1S/C17H17F2N3O4S/c1-7-9(3-20-4-11-21(6-20)10(5-27-11)15(18)19)14(17(25)26)22-13(7)12(8(2)23)16(22)24/h4-8,12-13,15,23H,3H2,1-2H3/t7-,8+,12+,13+/m0/s1. The first kappa shape index (κ1) is 18.1. The number of β-lactam (4-membered cyclic amide) rings is 1. The quantitative estimate of drug-likeness (QED) is 0.572. The van der Waals surface area contributed by atoms with Gasteiger partial charge in [0.1, 0.15) is 12.7 Å². The van der Waals surface area contributed by atoms with Crippen LogP contribution in [0.4, 0.5) is 8.78 Å². The van der Waals surface area contributed by atoms with Gasteiger partial charge in [-0.15, -0.1) is 0 Å². The van der Waals surface area contributed by atoms with E-state index in [0.717, 1.165) is 0 Å². The third-order valence-corrected chi connectivity index (χ3v) is 6.34. The number of nitrogens with zero attached hydrogens (tertiary/aromatic N) is 3. The van der Waals surface area contributed by atoms with Gasteiger partial charge in [0, 0.05) is 16.9 Å². The average Bonchev–Trinajstić information content (AvgIpc) is 3.19. The number of carboxylic acids is 1. The molecule has 1 saturated heterocycles. The molecule has 7 nitrogen and oxygen atoms in total. The number of fused-ring (bicyclic) bond motifs is 2. The fraction of sp³-hybridized carbons (Fsp3) is 0.471. The van der Waals surface area contributed by atoms with Crippen LogP contribution in [0.5, 0.6) is 0 Å². The van der Waals surface area contributed by atoms with Gasteiger partial charge in [0.15, 0.2) is 5.69 Å². The first-order valence-electron chi connectivity index (χ1n) is 8.44. The Morgan fingerprint density at radius 1 is 1.48 bits per heavy atom. The van der Waals surface area contributed by atoms with Crippen molar-refractivity contribution in [2.75, 3.05) is 0 Å². The molecule has 1 N–H and O–H groups in total. The summed E-state index contributed by atoms with van der Waals surface area (Å²) in [5.41, 5.74) is 0.180. The Balaban J connectivity index is 1.70. The molecule has 2 aliphatic rings. The van der Waals surface area contributed by atoms with Crippen molar-refractivity contribution >= 4 is 28.0 Å². The van der Waals surface area contributed by atoms with Crippen molar-refractivity contribution in [3.8, 4) is 0 Å². The molecule has 144 valence electrons. The zero-order valence-corrected chi connectivity index (χ0v) is 15.3. The van der Waals surface area contributed by atoms with Gasteiger partial charge in [-0.25, -0.2) is 13.3 Å². The van der Waals surface area contributed by atoms with E-state index in [4.69, 9.17) is 0 Å². The number of aliphatic carboxylic acids is 1. The van der Waals surface area contributed by atoms with Crippen LogP contribution in [0.1, 0.15) is 26.0 Å². The van der Waals surface area contributed by atoms with Crippen molar-refractivity contribution in [1.29, 1.82) is 0 Å². The highest BCUT2D eigenvalue weighted by Gasteiger charge is 2.58. The summed E-state index contributed by atoms with van der Waals surface area (Å²) in [5.74, 6) is -2.83. The van der Waals surface area contributed by atoms with Gasteiger partial charge in [-0.3, -0.25) is 4.79 Å². The van der Waals surface area contributed by atoms with E-state index in [1.54, 1.807) is 17.7 Å². The summed E-state index contributed by atoms with van der Waals surface area (Å²) in [4.78, 5) is 25.8. The molecule has 0 radical (unpaired) electrons. The van der Waals surface area contributed by atoms with E-state index in [1.807, 2.05) is 0 Å². The number of hydrogen-bond donors (Lipinski definition) is 1. The summed E-state index contributed by atoms with van der Waals surface area (Å²) in [7, 11) is 0. The Labute approximate surface area is 156 Å². The Kier molecular flexibility index (Phi) is 4.08. The van der Waals surface area contributed by atoms with E-state index in [9.17, 15) is 28.6 Å². The normalized spacial score (nSPS) is 26.1. The van der Waals surface area contributed by atoms with Crippen LogP contribution in [0.2, 0.25) is 0 Å². The lowest BCUT2D eigenvalue weighted by Gasteiger charge is -2.47. The van der Waals surface area contributed by atoms with E-state index in [-0.39, 0.29) is 23.9 Å². The van der Waals surface area contributed by atoms with Crippen molar-refractivity contribution in [2.24, 2.45) is 11.8 Å². The van der Waals surface area contributed by atoms with Gasteiger partial charge in [-0.1, -0.05) is 18.3 Å². The molecule has 10 heteroatoms. The smallest absolute Gasteiger partial charge is 0.300 e. The molecule has 2 aliphatic heterocycles. The number of hydrogen-bond acceptors (Lipinski definition) is 5. The fourth-order valence-electron chi connectivity index (χ4n) is 4.18. The number of carbonyl (C=O) groups excluding carboxylic acids is 2. The Hall–Kier alpha value is -2.33. The van der Waals surface area contributed by atoms with Gasteiger partial charge in [-0.05, 0) is 6.92 Å². The topological polar surface area (TPSA) is 89.0 Å². The highest BCUT2D eigenvalue weighted by atomic mass is 32.1. The summed E-state index contributed by atoms with van der Waals surface area (Å²) in [5, 5.41) is 22.9. The van der Waals surface area contributed by atoms with Crippen LogP contribution in [-0.4, -0.2) is 38.4 Å². The first-order chi connectivity index (χ1) is 12.7. The number of carbonyl (C=O) groups is 2. The third kappa shape index (κ3) is 2.50.